The summed E-state index contributed by atoms with van der Waals surface area (Å²) in [6, 6.07) is 3.22. The second-order valence-electron chi connectivity index (χ2n) is 4.08. The average molecular weight is 297 g/mol. The number of carbonyl (C=O) groups excluding carboxylic acids is 1. The zero-order valence-corrected chi connectivity index (χ0v) is 11.3. The van der Waals surface area contributed by atoms with Crippen LogP contribution in [0.15, 0.2) is 23.6 Å². The van der Waals surface area contributed by atoms with Gasteiger partial charge in [-0.15, -0.1) is 11.3 Å². The van der Waals surface area contributed by atoms with E-state index < -0.39 is 17.5 Å². The summed E-state index contributed by atoms with van der Waals surface area (Å²) in [6.07, 6.45) is 0.616. The number of nitrogens with zero attached hydrogens (tertiary/aromatic N) is 1. The van der Waals surface area contributed by atoms with Crippen molar-refractivity contribution in [3.63, 3.8) is 0 Å². The van der Waals surface area contributed by atoms with Gasteiger partial charge in [0.25, 0.3) is 5.91 Å². The van der Waals surface area contributed by atoms with Crippen molar-refractivity contribution in [3.05, 3.63) is 51.5 Å². The summed E-state index contributed by atoms with van der Waals surface area (Å²) in [5.41, 5.74) is 5.90. The van der Waals surface area contributed by atoms with E-state index in [4.69, 9.17) is 5.73 Å². The first kappa shape index (κ1) is 14.5. The molecule has 7 heteroatoms. The molecule has 0 radical (unpaired) electrons. The smallest absolute Gasteiger partial charge is 0.271 e. The van der Waals surface area contributed by atoms with Gasteiger partial charge < -0.3 is 11.1 Å². The zero-order valence-electron chi connectivity index (χ0n) is 10.5. The Morgan fingerprint density at radius 3 is 2.90 bits per heavy atom. The Balaban J connectivity index is 1.97. The molecule has 1 aromatic heterocycles. The lowest BCUT2D eigenvalue weighted by Gasteiger charge is -2.04. The van der Waals surface area contributed by atoms with Gasteiger partial charge in [-0.1, -0.05) is 6.07 Å². The Morgan fingerprint density at radius 2 is 2.20 bits per heavy atom. The number of aromatic nitrogens is 1. The molecular formula is C13H13F2N3OS. The number of hydrogen-bond acceptors (Lipinski definition) is 4. The van der Waals surface area contributed by atoms with Gasteiger partial charge in [0, 0.05) is 30.0 Å². The molecule has 3 N–H and O–H groups in total. The van der Waals surface area contributed by atoms with Crippen LogP contribution in [0.3, 0.4) is 0 Å². The van der Waals surface area contributed by atoms with E-state index in [1.54, 1.807) is 5.38 Å². The maximum absolute atomic E-state index is 13.4. The molecule has 1 aromatic carbocycles. The quantitative estimate of drug-likeness (QED) is 0.885. The third-order valence-electron chi connectivity index (χ3n) is 2.60. The lowest BCUT2D eigenvalue weighted by Crippen LogP contribution is -2.23. The molecule has 0 fully saturated rings. The van der Waals surface area contributed by atoms with Crippen LogP contribution >= 0.6 is 11.3 Å². The molecule has 4 nitrogen and oxygen atoms in total. The Morgan fingerprint density at radius 1 is 1.40 bits per heavy atom. The highest BCUT2D eigenvalue weighted by atomic mass is 32.1. The maximum atomic E-state index is 13.4. The van der Waals surface area contributed by atoms with E-state index in [2.05, 4.69) is 10.3 Å². The molecule has 0 aliphatic rings. The van der Waals surface area contributed by atoms with Gasteiger partial charge in [-0.2, -0.15) is 0 Å². The van der Waals surface area contributed by atoms with Crippen LogP contribution in [-0.4, -0.2) is 17.4 Å². The molecule has 0 saturated heterocycles. The van der Waals surface area contributed by atoms with E-state index in [0.29, 0.717) is 13.0 Å². The number of halogens is 2. The van der Waals surface area contributed by atoms with Gasteiger partial charge in [-0.05, 0) is 12.6 Å². The summed E-state index contributed by atoms with van der Waals surface area (Å²) in [6.45, 7) is 0.448. The Hall–Kier alpha value is -1.86. The molecule has 1 amide bonds. The molecule has 20 heavy (non-hydrogen) atoms. The number of nitrogens with one attached hydrogen (secondary N) is 1. The van der Waals surface area contributed by atoms with Crippen molar-refractivity contribution in [1.29, 1.82) is 0 Å². The number of thiazole rings is 1. The highest BCUT2D eigenvalue weighted by Gasteiger charge is 2.11. The zero-order chi connectivity index (χ0) is 14.5. The van der Waals surface area contributed by atoms with Gasteiger partial charge >= 0.3 is 0 Å². The Kier molecular flexibility index (Phi) is 4.75. The third-order valence-corrected chi connectivity index (χ3v) is 3.51. The van der Waals surface area contributed by atoms with Crippen molar-refractivity contribution < 1.29 is 13.6 Å². The molecule has 0 saturated carbocycles. The van der Waals surface area contributed by atoms with Crippen molar-refractivity contribution in [2.45, 2.75) is 13.0 Å². The number of benzene rings is 1. The SMILES string of the molecule is NCCc1nc(C(=O)NCc2ccc(F)cc2F)cs1. The fourth-order valence-corrected chi connectivity index (χ4v) is 2.38. The van der Waals surface area contributed by atoms with Crippen molar-refractivity contribution in [2.24, 2.45) is 5.73 Å². The summed E-state index contributed by atoms with van der Waals surface area (Å²) in [5, 5.41) is 4.95. The molecule has 1 heterocycles. The summed E-state index contributed by atoms with van der Waals surface area (Å²) >= 11 is 1.35. The first-order chi connectivity index (χ1) is 9.60. The Labute approximate surface area is 118 Å². The van der Waals surface area contributed by atoms with E-state index in [1.807, 2.05) is 0 Å². The summed E-state index contributed by atoms with van der Waals surface area (Å²) in [7, 11) is 0. The van der Waals surface area contributed by atoms with Crippen LogP contribution in [0.25, 0.3) is 0 Å². The van der Waals surface area contributed by atoms with Gasteiger partial charge in [0.15, 0.2) is 0 Å². The molecular weight excluding hydrogens is 284 g/mol. The van der Waals surface area contributed by atoms with Gasteiger partial charge in [0.1, 0.15) is 17.3 Å². The summed E-state index contributed by atoms with van der Waals surface area (Å²) in [4.78, 5) is 15.9. The lowest BCUT2D eigenvalue weighted by atomic mass is 10.2. The van der Waals surface area contributed by atoms with Crippen LogP contribution in [0.2, 0.25) is 0 Å². The fourth-order valence-electron chi connectivity index (χ4n) is 1.58. The van der Waals surface area contributed by atoms with Crippen LogP contribution in [0.4, 0.5) is 8.78 Å². The summed E-state index contributed by atoms with van der Waals surface area (Å²) < 4.78 is 26.1. The normalized spacial score (nSPS) is 10.6. The molecule has 0 bridgehead atoms. The highest BCUT2D eigenvalue weighted by Crippen LogP contribution is 2.12. The van der Waals surface area contributed by atoms with Gasteiger partial charge in [0.2, 0.25) is 0 Å². The average Bonchev–Trinajstić information content (AvgIpc) is 2.86. The van der Waals surface area contributed by atoms with Crippen LogP contribution < -0.4 is 11.1 Å². The molecule has 0 unspecified atom stereocenters. The number of rotatable bonds is 5. The minimum atomic E-state index is -0.688. The Bertz CT molecular complexity index is 615. The number of hydrogen-bond donors (Lipinski definition) is 2. The van der Waals surface area contributed by atoms with E-state index in [-0.39, 0.29) is 17.8 Å². The first-order valence-corrected chi connectivity index (χ1v) is 6.84. The topological polar surface area (TPSA) is 68.0 Å². The largest absolute Gasteiger partial charge is 0.346 e. The minimum absolute atomic E-state index is 0.0192. The maximum Gasteiger partial charge on any atom is 0.271 e. The van der Waals surface area contributed by atoms with Crippen LogP contribution in [-0.2, 0) is 13.0 Å². The summed E-state index contributed by atoms with van der Waals surface area (Å²) in [5.74, 6) is -1.73. The second kappa shape index (κ2) is 6.53. The van der Waals surface area contributed by atoms with Crippen molar-refractivity contribution in [2.75, 3.05) is 6.54 Å². The highest BCUT2D eigenvalue weighted by molar-refractivity contribution is 7.09. The third kappa shape index (κ3) is 3.58. The van der Waals surface area contributed by atoms with Crippen molar-refractivity contribution in [3.8, 4) is 0 Å². The van der Waals surface area contributed by atoms with Gasteiger partial charge in [-0.3, -0.25) is 4.79 Å². The molecule has 106 valence electrons. The van der Waals surface area contributed by atoms with E-state index >= 15 is 0 Å². The number of carbonyl (C=O) groups is 1. The number of nitrogens with two attached hydrogens (primary N) is 1. The van der Waals surface area contributed by atoms with Gasteiger partial charge in [0.05, 0.1) is 5.01 Å². The molecule has 0 aliphatic carbocycles. The van der Waals surface area contributed by atoms with Crippen LogP contribution in [0.1, 0.15) is 21.1 Å². The minimum Gasteiger partial charge on any atom is -0.346 e. The molecule has 2 aromatic rings. The monoisotopic (exact) mass is 297 g/mol. The fraction of sp³-hybridized carbons (Fsp3) is 0.231. The second-order valence-corrected chi connectivity index (χ2v) is 5.03. The van der Waals surface area contributed by atoms with E-state index in [0.717, 1.165) is 17.1 Å². The number of amides is 1. The molecule has 0 atom stereocenters. The lowest BCUT2D eigenvalue weighted by molar-refractivity contribution is 0.0946. The van der Waals surface area contributed by atoms with E-state index in [1.165, 1.54) is 17.4 Å². The molecule has 0 spiro atoms. The predicted octanol–water partition coefficient (Wildman–Crippen LogP) is 1.85. The molecule has 0 aliphatic heterocycles. The first-order valence-electron chi connectivity index (χ1n) is 5.96. The van der Waals surface area contributed by atoms with E-state index in [9.17, 15) is 13.6 Å². The predicted molar refractivity (Wildman–Crippen MR) is 72.4 cm³/mol. The van der Waals surface area contributed by atoms with Crippen LogP contribution in [0, 0.1) is 11.6 Å². The van der Waals surface area contributed by atoms with Gasteiger partial charge in [-0.25, -0.2) is 13.8 Å². The van der Waals surface area contributed by atoms with Crippen molar-refractivity contribution in [1.82, 2.24) is 10.3 Å². The van der Waals surface area contributed by atoms with Crippen LogP contribution in [0.5, 0.6) is 0 Å². The standard InChI is InChI=1S/C13H13F2N3OS/c14-9-2-1-8(10(15)5-9)6-17-13(19)11-7-20-12(18-11)3-4-16/h1-2,5,7H,3-4,6,16H2,(H,17,19). The van der Waals surface area contributed by atoms with Crippen molar-refractivity contribution >= 4 is 17.2 Å². The molecule has 2 rings (SSSR count).